The highest BCUT2D eigenvalue weighted by molar-refractivity contribution is 6.30. The Kier molecular flexibility index (Phi) is 3.38. The summed E-state index contributed by atoms with van der Waals surface area (Å²) in [6.45, 7) is 4.16. The Labute approximate surface area is 106 Å². The van der Waals surface area contributed by atoms with Crippen molar-refractivity contribution in [1.29, 1.82) is 0 Å². The SMILES string of the molecule is Cc1cc(Cl)ccc1NC(C)c1cnn(C)c1. The molecule has 1 N–H and O–H groups in total. The van der Waals surface area contributed by atoms with Crippen LogP contribution < -0.4 is 5.32 Å². The summed E-state index contributed by atoms with van der Waals surface area (Å²) in [5, 5.41) is 8.39. The van der Waals surface area contributed by atoms with Gasteiger partial charge < -0.3 is 5.32 Å². The summed E-state index contributed by atoms with van der Waals surface area (Å²) in [4.78, 5) is 0. The van der Waals surface area contributed by atoms with E-state index in [1.165, 1.54) is 5.56 Å². The van der Waals surface area contributed by atoms with E-state index in [9.17, 15) is 0 Å². The molecule has 0 radical (unpaired) electrons. The van der Waals surface area contributed by atoms with Crippen LogP contribution in [-0.2, 0) is 7.05 Å². The fraction of sp³-hybridized carbons (Fsp3) is 0.308. The van der Waals surface area contributed by atoms with Gasteiger partial charge in [0.1, 0.15) is 0 Å². The van der Waals surface area contributed by atoms with Crippen molar-refractivity contribution in [2.45, 2.75) is 19.9 Å². The number of halogens is 1. The topological polar surface area (TPSA) is 29.9 Å². The quantitative estimate of drug-likeness (QED) is 0.902. The molecule has 0 saturated carbocycles. The van der Waals surface area contributed by atoms with E-state index in [1.807, 2.05) is 49.2 Å². The van der Waals surface area contributed by atoms with Crippen molar-refractivity contribution >= 4 is 17.3 Å². The van der Waals surface area contributed by atoms with Gasteiger partial charge in [0.2, 0.25) is 0 Å². The summed E-state index contributed by atoms with van der Waals surface area (Å²) in [5.74, 6) is 0. The molecule has 4 heteroatoms. The van der Waals surface area contributed by atoms with Gasteiger partial charge in [-0.3, -0.25) is 4.68 Å². The third-order valence-electron chi connectivity index (χ3n) is 2.79. The van der Waals surface area contributed by atoms with Gasteiger partial charge >= 0.3 is 0 Å². The largest absolute Gasteiger partial charge is 0.378 e. The number of hydrogen-bond donors (Lipinski definition) is 1. The molecule has 1 aromatic heterocycles. The van der Waals surface area contributed by atoms with Gasteiger partial charge in [-0.05, 0) is 37.6 Å². The van der Waals surface area contributed by atoms with Gasteiger partial charge in [0.15, 0.2) is 0 Å². The standard InChI is InChI=1S/C13H16ClN3/c1-9-6-12(14)4-5-13(9)16-10(2)11-7-15-17(3)8-11/h4-8,10,16H,1-3H3. The van der Waals surface area contributed by atoms with E-state index in [2.05, 4.69) is 17.3 Å². The van der Waals surface area contributed by atoms with Gasteiger partial charge in [0.25, 0.3) is 0 Å². The van der Waals surface area contributed by atoms with Crippen LogP contribution in [0.5, 0.6) is 0 Å². The highest BCUT2D eigenvalue weighted by Crippen LogP contribution is 2.24. The number of aromatic nitrogens is 2. The van der Waals surface area contributed by atoms with Crippen LogP contribution in [0.15, 0.2) is 30.6 Å². The number of aryl methyl sites for hydroxylation is 2. The minimum Gasteiger partial charge on any atom is -0.378 e. The maximum atomic E-state index is 5.93. The molecule has 0 aliphatic rings. The van der Waals surface area contributed by atoms with Gasteiger partial charge in [-0.2, -0.15) is 5.10 Å². The maximum absolute atomic E-state index is 5.93. The van der Waals surface area contributed by atoms with E-state index in [4.69, 9.17) is 11.6 Å². The van der Waals surface area contributed by atoms with E-state index in [0.29, 0.717) is 0 Å². The summed E-state index contributed by atoms with van der Waals surface area (Å²) in [5.41, 5.74) is 3.42. The summed E-state index contributed by atoms with van der Waals surface area (Å²) < 4.78 is 1.81. The molecule has 17 heavy (non-hydrogen) atoms. The van der Waals surface area contributed by atoms with Crippen LogP contribution in [0.25, 0.3) is 0 Å². The Balaban J connectivity index is 2.15. The molecule has 0 amide bonds. The Morgan fingerprint density at radius 1 is 1.41 bits per heavy atom. The highest BCUT2D eigenvalue weighted by Gasteiger charge is 2.08. The van der Waals surface area contributed by atoms with Crippen LogP contribution in [0.2, 0.25) is 5.02 Å². The van der Waals surface area contributed by atoms with Crippen LogP contribution in [0.3, 0.4) is 0 Å². The molecule has 3 nitrogen and oxygen atoms in total. The smallest absolute Gasteiger partial charge is 0.0542 e. The molecule has 0 saturated heterocycles. The van der Waals surface area contributed by atoms with E-state index in [0.717, 1.165) is 16.3 Å². The fourth-order valence-corrected chi connectivity index (χ4v) is 2.00. The second-order valence-corrected chi connectivity index (χ2v) is 4.71. The second-order valence-electron chi connectivity index (χ2n) is 4.27. The molecule has 1 atom stereocenters. The lowest BCUT2D eigenvalue weighted by molar-refractivity contribution is 0.765. The number of nitrogens with zero attached hydrogens (tertiary/aromatic N) is 2. The summed E-state index contributed by atoms with van der Waals surface area (Å²) in [6, 6.07) is 6.08. The van der Waals surface area contributed by atoms with E-state index >= 15 is 0 Å². The zero-order valence-corrected chi connectivity index (χ0v) is 11.0. The normalized spacial score (nSPS) is 12.5. The van der Waals surface area contributed by atoms with Crippen molar-refractivity contribution in [3.05, 3.63) is 46.7 Å². The molecule has 1 aromatic carbocycles. The Hall–Kier alpha value is -1.48. The monoisotopic (exact) mass is 249 g/mol. The highest BCUT2D eigenvalue weighted by atomic mass is 35.5. The van der Waals surface area contributed by atoms with Crippen molar-refractivity contribution in [3.8, 4) is 0 Å². The van der Waals surface area contributed by atoms with Crippen molar-refractivity contribution < 1.29 is 0 Å². The lowest BCUT2D eigenvalue weighted by atomic mass is 10.1. The maximum Gasteiger partial charge on any atom is 0.0542 e. The summed E-state index contributed by atoms with van der Waals surface area (Å²) >= 11 is 5.93. The number of rotatable bonds is 3. The van der Waals surface area contributed by atoms with Crippen LogP contribution in [0, 0.1) is 6.92 Å². The molecule has 0 aliphatic heterocycles. The summed E-state index contributed by atoms with van der Waals surface area (Å²) in [6.07, 6.45) is 3.89. The van der Waals surface area contributed by atoms with Gasteiger partial charge in [-0.25, -0.2) is 0 Å². The number of anilines is 1. The van der Waals surface area contributed by atoms with Crippen molar-refractivity contribution in [2.75, 3.05) is 5.32 Å². The molecule has 1 unspecified atom stereocenters. The number of benzene rings is 1. The molecule has 1 heterocycles. The van der Waals surface area contributed by atoms with Gasteiger partial charge in [-0.15, -0.1) is 0 Å². The molecule has 0 aliphatic carbocycles. The molecule has 2 aromatic rings. The lowest BCUT2D eigenvalue weighted by Crippen LogP contribution is -2.06. The number of hydrogen-bond acceptors (Lipinski definition) is 2. The second kappa shape index (κ2) is 4.80. The molecule has 0 bridgehead atoms. The molecule has 2 rings (SSSR count). The molecule has 90 valence electrons. The predicted molar refractivity (Wildman–Crippen MR) is 71.4 cm³/mol. The third-order valence-corrected chi connectivity index (χ3v) is 3.02. The van der Waals surface area contributed by atoms with Crippen molar-refractivity contribution in [2.24, 2.45) is 7.05 Å². The fourth-order valence-electron chi connectivity index (χ4n) is 1.77. The van der Waals surface area contributed by atoms with E-state index < -0.39 is 0 Å². The summed E-state index contributed by atoms with van der Waals surface area (Å²) in [7, 11) is 1.92. The molecule has 0 fully saturated rings. The Morgan fingerprint density at radius 3 is 2.76 bits per heavy atom. The van der Waals surface area contributed by atoms with Crippen molar-refractivity contribution in [3.63, 3.8) is 0 Å². The van der Waals surface area contributed by atoms with Crippen molar-refractivity contribution in [1.82, 2.24) is 9.78 Å². The average Bonchev–Trinajstić information content (AvgIpc) is 2.69. The van der Waals surface area contributed by atoms with Crippen LogP contribution >= 0.6 is 11.6 Å². The lowest BCUT2D eigenvalue weighted by Gasteiger charge is -2.15. The average molecular weight is 250 g/mol. The zero-order valence-electron chi connectivity index (χ0n) is 10.2. The van der Waals surface area contributed by atoms with Gasteiger partial charge in [0, 0.05) is 29.5 Å². The third kappa shape index (κ3) is 2.80. The minimum absolute atomic E-state index is 0.226. The first-order chi connectivity index (χ1) is 8.06. The van der Waals surface area contributed by atoms with Gasteiger partial charge in [0.05, 0.1) is 12.2 Å². The first-order valence-corrected chi connectivity index (χ1v) is 5.95. The van der Waals surface area contributed by atoms with Crippen LogP contribution in [0.1, 0.15) is 24.1 Å². The molecular weight excluding hydrogens is 234 g/mol. The minimum atomic E-state index is 0.226. The van der Waals surface area contributed by atoms with Crippen LogP contribution in [0.4, 0.5) is 5.69 Å². The first-order valence-electron chi connectivity index (χ1n) is 5.57. The predicted octanol–water partition coefficient (Wildman–Crippen LogP) is 3.56. The van der Waals surface area contributed by atoms with Gasteiger partial charge in [-0.1, -0.05) is 11.6 Å². The molecular formula is C13H16ClN3. The van der Waals surface area contributed by atoms with E-state index in [-0.39, 0.29) is 6.04 Å². The first kappa shape index (κ1) is 12.0. The number of nitrogens with one attached hydrogen (secondary N) is 1. The Bertz CT molecular complexity index is 519. The molecule has 0 spiro atoms. The van der Waals surface area contributed by atoms with E-state index in [1.54, 1.807) is 0 Å². The van der Waals surface area contributed by atoms with Crippen LogP contribution in [-0.4, -0.2) is 9.78 Å². The Morgan fingerprint density at radius 2 is 2.18 bits per heavy atom. The zero-order chi connectivity index (χ0) is 12.4.